The van der Waals surface area contributed by atoms with E-state index in [4.69, 9.17) is 0 Å². The molecule has 1 saturated heterocycles. The van der Waals surface area contributed by atoms with Gasteiger partial charge in [-0.15, -0.1) is 0 Å². The first-order chi connectivity index (χ1) is 13.3. The fourth-order valence-electron chi connectivity index (χ4n) is 3.55. The topological polar surface area (TPSA) is 80.1 Å². The first-order valence-electron chi connectivity index (χ1n) is 9.20. The largest absolute Gasteiger partial charge is 0.355 e. The molecule has 1 atom stereocenters. The average Bonchev–Trinajstić information content (AvgIpc) is 3.20. The second-order valence-corrected chi connectivity index (χ2v) is 6.77. The van der Waals surface area contributed by atoms with Crippen LogP contribution in [0, 0.1) is 11.3 Å². The number of nitrogens with one attached hydrogen (secondary N) is 2. The molecule has 2 aliphatic heterocycles. The van der Waals surface area contributed by atoms with E-state index in [9.17, 15) is 5.26 Å². The predicted molar refractivity (Wildman–Crippen MR) is 108 cm³/mol. The van der Waals surface area contributed by atoms with Crippen LogP contribution in [0.25, 0.3) is 6.08 Å². The second-order valence-electron chi connectivity index (χ2n) is 6.77. The first kappa shape index (κ1) is 17.3. The van der Waals surface area contributed by atoms with Gasteiger partial charge in [0.15, 0.2) is 0 Å². The van der Waals surface area contributed by atoms with Gasteiger partial charge in [-0.3, -0.25) is 9.98 Å². The number of H-pyrrole nitrogens is 1. The van der Waals surface area contributed by atoms with E-state index < -0.39 is 0 Å². The third-order valence-electron chi connectivity index (χ3n) is 5.08. The molecule has 2 aromatic rings. The summed E-state index contributed by atoms with van der Waals surface area (Å²) in [5.41, 5.74) is 2.23. The number of piperazine rings is 1. The molecule has 27 heavy (non-hydrogen) atoms. The van der Waals surface area contributed by atoms with Crippen molar-refractivity contribution >= 4 is 18.1 Å². The number of nitriles is 1. The lowest BCUT2D eigenvalue weighted by atomic mass is 9.80. The summed E-state index contributed by atoms with van der Waals surface area (Å²) in [5.74, 6) is 0.913. The lowest BCUT2D eigenvalue weighted by Crippen LogP contribution is -2.44. The van der Waals surface area contributed by atoms with Crippen molar-refractivity contribution in [2.24, 2.45) is 4.99 Å². The van der Waals surface area contributed by atoms with Gasteiger partial charge in [0.25, 0.3) is 0 Å². The summed E-state index contributed by atoms with van der Waals surface area (Å²) in [6.45, 7) is 3.64. The molecule has 0 aromatic carbocycles. The number of aliphatic imine (C=N–C) groups is 1. The van der Waals surface area contributed by atoms with Crippen LogP contribution in [-0.4, -0.2) is 42.4 Å². The molecule has 2 aliphatic rings. The van der Waals surface area contributed by atoms with E-state index in [0.717, 1.165) is 49.8 Å². The van der Waals surface area contributed by atoms with Crippen molar-refractivity contribution in [1.82, 2.24) is 15.3 Å². The minimum Gasteiger partial charge on any atom is -0.355 e. The van der Waals surface area contributed by atoms with Gasteiger partial charge in [0.1, 0.15) is 11.9 Å². The third-order valence-corrected chi connectivity index (χ3v) is 5.08. The Hall–Kier alpha value is -3.17. The number of aromatic amines is 1. The third kappa shape index (κ3) is 3.55. The highest BCUT2D eigenvalue weighted by molar-refractivity contribution is 5.68. The van der Waals surface area contributed by atoms with E-state index in [0.29, 0.717) is 5.56 Å². The van der Waals surface area contributed by atoms with Crippen LogP contribution >= 0.6 is 0 Å². The van der Waals surface area contributed by atoms with E-state index in [-0.39, 0.29) is 5.41 Å². The van der Waals surface area contributed by atoms with Gasteiger partial charge >= 0.3 is 0 Å². The molecule has 1 unspecified atom stereocenters. The molecule has 1 fully saturated rings. The number of anilines is 1. The molecular weight excluding hydrogens is 336 g/mol. The maximum absolute atomic E-state index is 9.67. The summed E-state index contributed by atoms with van der Waals surface area (Å²) in [7, 11) is 0. The van der Waals surface area contributed by atoms with E-state index in [1.807, 2.05) is 42.8 Å². The highest BCUT2D eigenvalue weighted by Crippen LogP contribution is 2.36. The number of hydrogen-bond acceptors (Lipinski definition) is 5. The van der Waals surface area contributed by atoms with Crippen molar-refractivity contribution in [3.05, 3.63) is 65.8 Å². The van der Waals surface area contributed by atoms with Crippen LogP contribution in [-0.2, 0) is 5.41 Å². The summed E-state index contributed by atoms with van der Waals surface area (Å²) >= 11 is 0. The Kier molecular flexibility index (Phi) is 4.86. The standard InChI is InChI=1S/C21H22N6/c22-16-17-15-19(26-20(17)27-13-11-24-12-14-27)21(6-9-23-10-7-21)5-4-18-3-1-2-8-25-18/h1-6,8-10,15,24,26H,7,11-14H2/b5-4+. The van der Waals surface area contributed by atoms with Crippen LogP contribution in [0.15, 0.2) is 53.8 Å². The molecular formula is C21H22N6. The van der Waals surface area contributed by atoms with Gasteiger partial charge in [0, 0.05) is 56.9 Å². The zero-order valence-corrected chi connectivity index (χ0v) is 15.1. The average molecular weight is 358 g/mol. The molecule has 0 aliphatic carbocycles. The zero-order valence-electron chi connectivity index (χ0n) is 15.1. The van der Waals surface area contributed by atoms with Crippen molar-refractivity contribution in [1.29, 1.82) is 5.26 Å². The lowest BCUT2D eigenvalue weighted by molar-refractivity contribution is 0.583. The summed E-state index contributed by atoms with van der Waals surface area (Å²) in [6.07, 6.45) is 12.5. The Morgan fingerprint density at radius 3 is 2.85 bits per heavy atom. The predicted octanol–water partition coefficient (Wildman–Crippen LogP) is 2.63. The van der Waals surface area contributed by atoms with Gasteiger partial charge in [-0.1, -0.05) is 12.1 Å². The van der Waals surface area contributed by atoms with Crippen LogP contribution in [0.2, 0.25) is 0 Å². The number of rotatable bonds is 4. The monoisotopic (exact) mass is 358 g/mol. The minimum atomic E-state index is -0.364. The highest BCUT2D eigenvalue weighted by Gasteiger charge is 2.31. The molecule has 136 valence electrons. The van der Waals surface area contributed by atoms with E-state index in [2.05, 4.69) is 43.4 Å². The normalized spacial score (nSPS) is 22.3. The Bertz CT molecular complexity index is 912. The fraction of sp³-hybridized carbons (Fsp3) is 0.286. The van der Waals surface area contributed by atoms with Gasteiger partial charge < -0.3 is 15.2 Å². The molecule has 0 radical (unpaired) electrons. The Morgan fingerprint density at radius 2 is 2.15 bits per heavy atom. The SMILES string of the molecule is N#Cc1cc(C2(/C=C/c3ccccn3)C=CN=CC2)[nH]c1N1CCNCC1. The second kappa shape index (κ2) is 7.60. The number of pyridine rings is 1. The van der Waals surface area contributed by atoms with E-state index in [1.165, 1.54) is 0 Å². The van der Waals surface area contributed by atoms with Crippen LogP contribution in [0.5, 0.6) is 0 Å². The molecule has 0 amide bonds. The van der Waals surface area contributed by atoms with E-state index >= 15 is 0 Å². The number of hydrogen-bond donors (Lipinski definition) is 2. The Labute approximate surface area is 159 Å². The van der Waals surface area contributed by atoms with Gasteiger partial charge in [0.2, 0.25) is 0 Å². The molecule has 6 heteroatoms. The molecule has 6 nitrogen and oxygen atoms in total. The van der Waals surface area contributed by atoms with Crippen molar-refractivity contribution in [3.63, 3.8) is 0 Å². The van der Waals surface area contributed by atoms with Crippen LogP contribution in [0.4, 0.5) is 5.82 Å². The Morgan fingerprint density at radius 1 is 1.26 bits per heavy atom. The molecule has 0 bridgehead atoms. The van der Waals surface area contributed by atoms with Crippen molar-refractivity contribution in [3.8, 4) is 6.07 Å². The first-order valence-corrected chi connectivity index (χ1v) is 9.20. The number of nitrogens with zero attached hydrogens (tertiary/aromatic N) is 4. The maximum atomic E-state index is 9.67. The van der Waals surface area contributed by atoms with Gasteiger partial charge in [-0.2, -0.15) is 5.26 Å². The number of aromatic nitrogens is 2. The lowest BCUT2D eigenvalue weighted by Gasteiger charge is -2.29. The molecule has 2 N–H and O–H groups in total. The molecule has 4 heterocycles. The van der Waals surface area contributed by atoms with Crippen molar-refractivity contribution in [2.45, 2.75) is 11.8 Å². The van der Waals surface area contributed by atoms with Gasteiger partial charge in [-0.25, -0.2) is 0 Å². The number of allylic oxidation sites excluding steroid dienone is 2. The minimum absolute atomic E-state index is 0.364. The quantitative estimate of drug-likeness (QED) is 0.880. The zero-order chi connectivity index (χ0) is 18.5. The summed E-state index contributed by atoms with van der Waals surface area (Å²) < 4.78 is 0. The van der Waals surface area contributed by atoms with Gasteiger partial charge in [-0.05, 0) is 30.4 Å². The van der Waals surface area contributed by atoms with Crippen LogP contribution in [0.3, 0.4) is 0 Å². The smallest absolute Gasteiger partial charge is 0.124 e. The van der Waals surface area contributed by atoms with Crippen LogP contribution in [0.1, 0.15) is 23.4 Å². The summed E-state index contributed by atoms with van der Waals surface area (Å²) in [4.78, 5) is 14.4. The summed E-state index contributed by atoms with van der Waals surface area (Å²) in [5, 5.41) is 13.0. The fourth-order valence-corrected chi connectivity index (χ4v) is 3.55. The Balaban J connectivity index is 1.72. The van der Waals surface area contributed by atoms with Crippen molar-refractivity contribution in [2.75, 3.05) is 31.1 Å². The molecule has 0 spiro atoms. The molecule has 0 saturated carbocycles. The molecule has 2 aromatic heterocycles. The maximum Gasteiger partial charge on any atom is 0.124 e. The van der Waals surface area contributed by atoms with Crippen molar-refractivity contribution < 1.29 is 0 Å². The van der Waals surface area contributed by atoms with Crippen LogP contribution < -0.4 is 10.2 Å². The van der Waals surface area contributed by atoms with E-state index in [1.54, 1.807) is 6.20 Å². The highest BCUT2D eigenvalue weighted by atomic mass is 15.2. The molecule has 4 rings (SSSR count). The summed E-state index contributed by atoms with van der Waals surface area (Å²) in [6, 6.07) is 10.2. The van der Waals surface area contributed by atoms with Gasteiger partial charge in [0.05, 0.1) is 16.7 Å².